The number of halogens is 1. The zero-order valence-corrected chi connectivity index (χ0v) is 6.99. The van der Waals surface area contributed by atoms with Crippen LogP contribution in [0.2, 0.25) is 0 Å². The molecule has 0 aliphatic rings. The number of nitrogens with zero attached hydrogens (tertiary/aromatic N) is 3. The summed E-state index contributed by atoms with van der Waals surface area (Å²) in [5.74, 6) is 0.376. The van der Waals surface area contributed by atoms with Crippen LogP contribution in [0, 0.1) is 0 Å². The number of aromatic nitrogens is 2. The molecule has 5 nitrogen and oxygen atoms in total. The molecule has 0 saturated heterocycles. The van der Waals surface area contributed by atoms with Gasteiger partial charge in [-0.2, -0.15) is 0 Å². The van der Waals surface area contributed by atoms with Gasteiger partial charge < -0.3 is 9.94 Å². The van der Waals surface area contributed by atoms with E-state index in [-0.39, 0.29) is 5.17 Å². The topological polar surface area (TPSA) is 67.6 Å². The number of hydrogen-bond donors (Lipinski definition) is 1. The average molecular weight is 188 g/mol. The summed E-state index contributed by atoms with van der Waals surface area (Å²) in [7, 11) is 1.48. The van der Waals surface area contributed by atoms with Gasteiger partial charge in [0.1, 0.15) is 5.69 Å². The molecule has 64 valence electrons. The molecule has 0 aliphatic heterocycles. The van der Waals surface area contributed by atoms with Crippen molar-refractivity contribution < 1.29 is 9.94 Å². The van der Waals surface area contributed by atoms with Gasteiger partial charge in [0.15, 0.2) is 5.17 Å². The van der Waals surface area contributed by atoms with Crippen molar-refractivity contribution in [2.45, 2.75) is 0 Å². The molecule has 1 N–H and O–H groups in total. The largest absolute Gasteiger partial charge is 0.480 e. The Labute approximate surface area is 73.7 Å². The minimum Gasteiger partial charge on any atom is -0.480 e. The van der Waals surface area contributed by atoms with E-state index < -0.39 is 0 Å². The molecule has 6 heteroatoms. The Morgan fingerprint density at radius 1 is 1.58 bits per heavy atom. The molecule has 1 aromatic rings. The highest BCUT2D eigenvalue weighted by Crippen LogP contribution is 2.05. The maximum absolute atomic E-state index is 8.27. The van der Waals surface area contributed by atoms with E-state index in [0.29, 0.717) is 11.6 Å². The zero-order chi connectivity index (χ0) is 8.97. The summed E-state index contributed by atoms with van der Waals surface area (Å²) < 4.78 is 4.76. The number of hydrogen-bond acceptors (Lipinski definition) is 5. The highest BCUT2D eigenvalue weighted by Gasteiger charge is 2.02. The van der Waals surface area contributed by atoms with E-state index >= 15 is 0 Å². The minimum absolute atomic E-state index is 0.106. The van der Waals surface area contributed by atoms with Gasteiger partial charge >= 0.3 is 0 Å². The van der Waals surface area contributed by atoms with Crippen molar-refractivity contribution in [1.82, 2.24) is 9.97 Å². The highest BCUT2D eigenvalue weighted by atomic mass is 35.5. The lowest BCUT2D eigenvalue weighted by molar-refractivity contribution is 0.320. The van der Waals surface area contributed by atoms with Crippen LogP contribution in [-0.4, -0.2) is 27.5 Å². The maximum atomic E-state index is 8.27. The van der Waals surface area contributed by atoms with Crippen LogP contribution in [0.3, 0.4) is 0 Å². The van der Waals surface area contributed by atoms with Crippen molar-refractivity contribution in [3.8, 4) is 5.88 Å². The van der Waals surface area contributed by atoms with Crippen molar-refractivity contribution in [3.63, 3.8) is 0 Å². The van der Waals surface area contributed by atoms with Gasteiger partial charge in [0.25, 0.3) is 0 Å². The SMILES string of the molecule is COc1cnc(C(Cl)=NO)cn1. The van der Waals surface area contributed by atoms with Crippen LogP contribution < -0.4 is 4.74 Å². The molecule has 0 atom stereocenters. The van der Waals surface area contributed by atoms with Gasteiger partial charge in [0, 0.05) is 0 Å². The fourth-order valence-electron chi connectivity index (χ4n) is 0.579. The molecule has 0 radical (unpaired) electrons. The van der Waals surface area contributed by atoms with Gasteiger partial charge in [-0.05, 0) is 0 Å². The molecule has 0 spiro atoms. The molecule has 0 saturated carbocycles. The summed E-state index contributed by atoms with van der Waals surface area (Å²) in [6.07, 6.45) is 2.73. The van der Waals surface area contributed by atoms with Crippen LogP contribution >= 0.6 is 11.6 Å². The van der Waals surface area contributed by atoms with Gasteiger partial charge in [0.2, 0.25) is 5.88 Å². The normalized spacial score (nSPS) is 11.3. The van der Waals surface area contributed by atoms with E-state index in [1.807, 2.05) is 0 Å². The first-order chi connectivity index (χ1) is 5.77. The van der Waals surface area contributed by atoms with Gasteiger partial charge in [0.05, 0.1) is 19.5 Å². The Kier molecular flexibility index (Phi) is 2.82. The molecule has 1 heterocycles. The predicted octanol–water partition coefficient (Wildman–Crippen LogP) is 0.860. The van der Waals surface area contributed by atoms with E-state index in [2.05, 4.69) is 15.1 Å². The Hall–Kier alpha value is -1.36. The summed E-state index contributed by atoms with van der Waals surface area (Å²) in [6, 6.07) is 0. The lowest BCUT2D eigenvalue weighted by atomic mass is 10.5. The van der Waals surface area contributed by atoms with E-state index in [1.54, 1.807) is 0 Å². The smallest absolute Gasteiger partial charge is 0.232 e. The molecule has 1 aromatic heterocycles. The summed E-state index contributed by atoms with van der Waals surface area (Å²) in [5.41, 5.74) is 0.292. The number of methoxy groups -OCH3 is 1. The third-order valence-corrected chi connectivity index (χ3v) is 1.41. The molecule has 0 unspecified atom stereocenters. The van der Waals surface area contributed by atoms with Crippen LogP contribution in [-0.2, 0) is 0 Å². The lowest BCUT2D eigenvalue weighted by Crippen LogP contribution is -1.97. The number of oxime groups is 1. The van der Waals surface area contributed by atoms with Crippen molar-refractivity contribution >= 4 is 16.8 Å². The first kappa shape index (κ1) is 8.73. The van der Waals surface area contributed by atoms with Gasteiger partial charge in [-0.3, -0.25) is 0 Å². The molecule has 0 fully saturated rings. The average Bonchev–Trinajstić information content (AvgIpc) is 2.17. The quantitative estimate of drug-likeness (QED) is 0.424. The van der Waals surface area contributed by atoms with E-state index in [1.165, 1.54) is 19.5 Å². The Balaban J connectivity index is 2.92. The highest BCUT2D eigenvalue weighted by molar-refractivity contribution is 6.69. The third kappa shape index (κ3) is 1.82. The van der Waals surface area contributed by atoms with Crippen molar-refractivity contribution in [3.05, 3.63) is 18.1 Å². The third-order valence-electron chi connectivity index (χ3n) is 1.14. The summed E-state index contributed by atoms with van der Waals surface area (Å²) >= 11 is 5.44. The Morgan fingerprint density at radius 3 is 2.75 bits per heavy atom. The van der Waals surface area contributed by atoms with Crippen molar-refractivity contribution in [1.29, 1.82) is 0 Å². The van der Waals surface area contributed by atoms with Gasteiger partial charge in [-0.15, -0.1) is 0 Å². The van der Waals surface area contributed by atoms with Crippen LogP contribution in [0.5, 0.6) is 5.88 Å². The fourth-order valence-corrected chi connectivity index (χ4v) is 0.677. The fraction of sp³-hybridized carbons (Fsp3) is 0.167. The molecule has 0 aromatic carbocycles. The molecule has 0 aliphatic carbocycles. The van der Waals surface area contributed by atoms with Crippen LogP contribution in [0.4, 0.5) is 0 Å². The van der Waals surface area contributed by atoms with Crippen LogP contribution in [0.15, 0.2) is 17.5 Å². The molecular formula is C6H6ClN3O2. The first-order valence-corrected chi connectivity index (χ1v) is 3.39. The van der Waals surface area contributed by atoms with Crippen LogP contribution in [0.1, 0.15) is 5.69 Å². The van der Waals surface area contributed by atoms with Crippen molar-refractivity contribution in [2.75, 3.05) is 7.11 Å². The maximum Gasteiger partial charge on any atom is 0.232 e. The molecule has 12 heavy (non-hydrogen) atoms. The molecule has 1 rings (SSSR count). The van der Waals surface area contributed by atoms with Gasteiger partial charge in [-0.1, -0.05) is 16.8 Å². The van der Waals surface area contributed by atoms with E-state index in [0.717, 1.165) is 0 Å². The monoisotopic (exact) mass is 187 g/mol. The van der Waals surface area contributed by atoms with E-state index in [9.17, 15) is 0 Å². The second-order valence-electron chi connectivity index (χ2n) is 1.83. The lowest BCUT2D eigenvalue weighted by Gasteiger charge is -1.97. The Bertz CT molecular complexity index is 285. The molecule has 0 bridgehead atoms. The second-order valence-corrected chi connectivity index (χ2v) is 2.19. The Morgan fingerprint density at radius 2 is 2.33 bits per heavy atom. The minimum atomic E-state index is -0.106. The summed E-state index contributed by atoms with van der Waals surface area (Å²) in [5, 5.41) is 10.9. The number of rotatable bonds is 2. The van der Waals surface area contributed by atoms with Crippen LogP contribution in [0.25, 0.3) is 0 Å². The molecule has 0 amide bonds. The number of ether oxygens (including phenoxy) is 1. The summed E-state index contributed by atoms with van der Waals surface area (Å²) in [6.45, 7) is 0. The first-order valence-electron chi connectivity index (χ1n) is 3.02. The predicted molar refractivity (Wildman–Crippen MR) is 42.8 cm³/mol. The standard InChI is InChI=1S/C6H6ClN3O2/c1-12-5-3-8-4(2-9-5)6(7)10-11/h2-3,11H,1H3. The van der Waals surface area contributed by atoms with E-state index in [4.69, 9.17) is 21.5 Å². The van der Waals surface area contributed by atoms with Crippen molar-refractivity contribution in [2.24, 2.45) is 5.16 Å². The zero-order valence-electron chi connectivity index (χ0n) is 6.23. The summed E-state index contributed by atoms with van der Waals surface area (Å²) in [4.78, 5) is 7.62. The van der Waals surface area contributed by atoms with Gasteiger partial charge in [-0.25, -0.2) is 9.97 Å². The molecular weight excluding hydrogens is 182 g/mol. The second kappa shape index (κ2) is 3.87.